The molecular weight excluding hydrogens is 408 g/mol. The number of hydrogen-bond acceptors (Lipinski definition) is 3. The molecule has 3 aromatic carbocycles. The predicted octanol–water partition coefficient (Wildman–Crippen LogP) is 4.93. The maximum atomic E-state index is 13.1. The monoisotopic (exact) mass is 436 g/mol. The molecule has 1 N–H and O–H groups in total. The third-order valence-corrected chi connectivity index (χ3v) is 7.18. The van der Waals surface area contributed by atoms with Crippen LogP contribution in [0, 0.1) is 20.8 Å². The highest BCUT2D eigenvalue weighted by Gasteiger charge is 2.23. The molecule has 0 saturated carbocycles. The van der Waals surface area contributed by atoms with E-state index in [2.05, 4.69) is 11.4 Å². The number of aryl methyl sites for hydroxylation is 3. The molecule has 162 valence electrons. The summed E-state index contributed by atoms with van der Waals surface area (Å²) in [5.74, 6) is -0.316. The molecule has 5 nitrogen and oxygen atoms in total. The van der Waals surface area contributed by atoms with Crippen molar-refractivity contribution in [3.8, 4) is 0 Å². The fourth-order valence-electron chi connectivity index (χ4n) is 3.43. The molecule has 0 aliphatic rings. The number of amides is 1. The summed E-state index contributed by atoms with van der Waals surface area (Å²) in [6.45, 7) is 7.88. The van der Waals surface area contributed by atoms with Gasteiger partial charge in [-0.05, 0) is 69.2 Å². The second kappa shape index (κ2) is 8.94. The van der Waals surface area contributed by atoms with Crippen LogP contribution < -0.4 is 9.62 Å². The number of carbonyl (C=O) groups excluding carboxylic acids is 1. The maximum absolute atomic E-state index is 13.1. The van der Waals surface area contributed by atoms with Gasteiger partial charge in [-0.3, -0.25) is 9.10 Å². The molecule has 1 amide bonds. The zero-order chi connectivity index (χ0) is 22.8. The molecule has 3 rings (SSSR count). The summed E-state index contributed by atoms with van der Waals surface area (Å²) in [4.78, 5) is 12.9. The van der Waals surface area contributed by atoms with Crippen LogP contribution in [0.2, 0.25) is 0 Å². The van der Waals surface area contributed by atoms with E-state index in [4.69, 9.17) is 0 Å². The Balaban J connectivity index is 1.84. The van der Waals surface area contributed by atoms with Gasteiger partial charge in [0.05, 0.1) is 16.6 Å². The van der Waals surface area contributed by atoms with Crippen LogP contribution in [0.15, 0.2) is 71.6 Å². The number of hydrogen-bond donors (Lipinski definition) is 1. The first kappa shape index (κ1) is 22.6. The fraction of sp³-hybridized carbons (Fsp3) is 0.240. The van der Waals surface area contributed by atoms with Crippen molar-refractivity contribution >= 4 is 21.6 Å². The molecular formula is C25H28N2O3S. The summed E-state index contributed by atoms with van der Waals surface area (Å²) in [5, 5.41) is 2.98. The molecule has 0 aliphatic carbocycles. The Morgan fingerprint density at radius 2 is 1.55 bits per heavy atom. The van der Waals surface area contributed by atoms with Gasteiger partial charge in [0, 0.05) is 12.6 Å². The third-order valence-electron chi connectivity index (χ3n) is 5.40. The number of rotatable bonds is 6. The van der Waals surface area contributed by atoms with E-state index in [-0.39, 0.29) is 16.8 Å². The molecule has 0 bridgehead atoms. The summed E-state index contributed by atoms with van der Waals surface area (Å²) in [7, 11) is -2.29. The average molecular weight is 437 g/mol. The standard InChI is InChI=1S/C25H28N2O3S/c1-17-10-13-22(14-11-17)27(5)31(29,30)23-8-6-7-21(16-23)25(28)26-20(4)24-15-18(2)9-12-19(24)3/h6-16,20H,1-5H3,(H,26,28)/t20-/m0/s1. The molecule has 0 fully saturated rings. The lowest BCUT2D eigenvalue weighted by atomic mass is 10.00. The third kappa shape index (κ3) is 4.97. The number of sulfonamides is 1. The largest absolute Gasteiger partial charge is 0.346 e. The Bertz CT molecular complexity index is 1200. The molecule has 0 heterocycles. The number of benzene rings is 3. The molecule has 0 aliphatic heterocycles. The Hall–Kier alpha value is -3.12. The van der Waals surface area contributed by atoms with Gasteiger partial charge in [-0.1, -0.05) is 47.5 Å². The van der Waals surface area contributed by atoms with Gasteiger partial charge in [-0.15, -0.1) is 0 Å². The smallest absolute Gasteiger partial charge is 0.264 e. The maximum Gasteiger partial charge on any atom is 0.264 e. The number of anilines is 1. The van der Waals surface area contributed by atoms with Crippen LogP contribution >= 0.6 is 0 Å². The van der Waals surface area contributed by atoms with Crippen molar-refractivity contribution in [2.24, 2.45) is 0 Å². The Morgan fingerprint density at radius 1 is 0.903 bits per heavy atom. The molecule has 31 heavy (non-hydrogen) atoms. The normalized spacial score (nSPS) is 12.3. The van der Waals surface area contributed by atoms with Gasteiger partial charge in [0.1, 0.15) is 0 Å². The molecule has 0 unspecified atom stereocenters. The summed E-state index contributed by atoms with van der Waals surface area (Å²) < 4.78 is 27.4. The minimum absolute atomic E-state index is 0.0719. The van der Waals surface area contributed by atoms with Crippen LogP contribution in [0.5, 0.6) is 0 Å². The van der Waals surface area contributed by atoms with Crippen LogP contribution in [0.25, 0.3) is 0 Å². The molecule has 6 heteroatoms. The van der Waals surface area contributed by atoms with E-state index in [1.54, 1.807) is 24.3 Å². The minimum atomic E-state index is -3.80. The topological polar surface area (TPSA) is 66.5 Å². The SMILES string of the molecule is Cc1ccc(N(C)S(=O)(=O)c2cccc(C(=O)N[C@@H](C)c3cc(C)ccc3C)c2)cc1. The molecule has 0 radical (unpaired) electrons. The number of nitrogens with zero attached hydrogens (tertiary/aromatic N) is 1. The van der Waals surface area contributed by atoms with Crippen molar-refractivity contribution in [1.29, 1.82) is 0 Å². The first-order valence-electron chi connectivity index (χ1n) is 10.1. The van der Waals surface area contributed by atoms with E-state index >= 15 is 0 Å². The van der Waals surface area contributed by atoms with Crippen molar-refractivity contribution in [2.45, 2.75) is 38.6 Å². The zero-order valence-corrected chi connectivity index (χ0v) is 19.3. The zero-order valence-electron chi connectivity index (χ0n) is 18.5. The predicted molar refractivity (Wildman–Crippen MR) is 125 cm³/mol. The van der Waals surface area contributed by atoms with Crippen LogP contribution in [0.4, 0.5) is 5.69 Å². The van der Waals surface area contributed by atoms with E-state index in [0.717, 1.165) is 22.3 Å². The van der Waals surface area contributed by atoms with Crippen molar-refractivity contribution in [1.82, 2.24) is 5.32 Å². The Labute approximate surface area is 184 Å². The Morgan fingerprint density at radius 3 is 2.23 bits per heavy atom. The lowest BCUT2D eigenvalue weighted by Crippen LogP contribution is -2.29. The van der Waals surface area contributed by atoms with Gasteiger partial charge in [0.25, 0.3) is 15.9 Å². The molecule has 3 aromatic rings. The summed E-state index contributed by atoms with van der Waals surface area (Å²) in [6.07, 6.45) is 0. The summed E-state index contributed by atoms with van der Waals surface area (Å²) >= 11 is 0. The van der Waals surface area contributed by atoms with Crippen LogP contribution in [0.1, 0.15) is 45.6 Å². The van der Waals surface area contributed by atoms with E-state index < -0.39 is 10.0 Å². The van der Waals surface area contributed by atoms with Gasteiger partial charge in [0.2, 0.25) is 0 Å². The number of carbonyl (C=O) groups is 1. The first-order chi connectivity index (χ1) is 14.6. The summed E-state index contributed by atoms with van der Waals surface area (Å²) in [6, 6.07) is 19.3. The second-order valence-electron chi connectivity index (χ2n) is 7.89. The van der Waals surface area contributed by atoms with E-state index in [9.17, 15) is 13.2 Å². The van der Waals surface area contributed by atoms with Gasteiger partial charge >= 0.3 is 0 Å². The Kier molecular flexibility index (Phi) is 6.51. The molecule has 0 aromatic heterocycles. The van der Waals surface area contributed by atoms with Gasteiger partial charge in [0.15, 0.2) is 0 Å². The fourth-order valence-corrected chi connectivity index (χ4v) is 4.68. The van der Waals surface area contributed by atoms with Crippen molar-refractivity contribution in [3.05, 3.63) is 94.5 Å². The van der Waals surface area contributed by atoms with Crippen LogP contribution in [-0.2, 0) is 10.0 Å². The van der Waals surface area contributed by atoms with Crippen LogP contribution in [0.3, 0.4) is 0 Å². The second-order valence-corrected chi connectivity index (χ2v) is 9.86. The van der Waals surface area contributed by atoms with Crippen molar-refractivity contribution in [2.75, 3.05) is 11.4 Å². The van der Waals surface area contributed by atoms with Crippen molar-refractivity contribution in [3.63, 3.8) is 0 Å². The summed E-state index contributed by atoms with van der Waals surface area (Å²) in [5.41, 5.74) is 5.16. The molecule has 1 atom stereocenters. The highest BCUT2D eigenvalue weighted by molar-refractivity contribution is 7.92. The highest BCUT2D eigenvalue weighted by atomic mass is 32.2. The molecule has 0 spiro atoms. The van der Waals surface area contributed by atoms with Gasteiger partial charge in [-0.25, -0.2) is 8.42 Å². The van der Waals surface area contributed by atoms with E-state index in [1.807, 2.05) is 52.0 Å². The van der Waals surface area contributed by atoms with Gasteiger partial charge in [-0.2, -0.15) is 0 Å². The molecule has 0 saturated heterocycles. The van der Waals surface area contributed by atoms with Gasteiger partial charge < -0.3 is 5.32 Å². The van der Waals surface area contributed by atoms with Crippen molar-refractivity contribution < 1.29 is 13.2 Å². The average Bonchev–Trinajstić information content (AvgIpc) is 2.75. The minimum Gasteiger partial charge on any atom is -0.346 e. The van der Waals surface area contributed by atoms with E-state index in [1.165, 1.54) is 23.5 Å². The van der Waals surface area contributed by atoms with Crippen LogP contribution in [-0.4, -0.2) is 21.4 Å². The van der Waals surface area contributed by atoms with E-state index in [0.29, 0.717) is 11.3 Å². The number of nitrogens with one attached hydrogen (secondary N) is 1. The quantitative estimate of drug-likeness (QED) is 0.596. The highest BCUT2D eigenvalue weighted by Crippen LogP contribution is 2.24. The lowest BCUT2D eigenvalue weighted by Gasteiger charge is -2.20. The lowest BCUT2D eigenvalue weighted by molar-refractivity contribution is 0.0939. The first-order valence-corrected chi connectivity index (χ1v) is 11.6.